The summed E-state index contributed by atoms with van der Waals surface area (Å²) in [7, 11) is 0. The molecule has 0 fully saturated rings. The van der Waals surface area contributed by atoms with Crippen LogP contribution in [-0.2, 0) is 0 Å². The molecule has 3 heterocycles. The molecule has 8 nitrogen and oxygen atoms in total. The molecule has 0 aromatic carbocycles. The highest BCUT2D eigenvalue weighted by molar-refractivity contribution is 7.16. The second kappa shape index (κ2) is 5.95. The number of aromatic nitrogens is 3. The minimum Gasteiger partial charge on any atom is -0.296 e. The molecule has 0 bridgehead atoms. The molecule has 3 aromatic heterocycles. The lowest BCUT2D eigenvalue weighted by molar-refractivity contribution is -0.384. The molecule has 0 atom stereocenters. The second-order valence-electron chi connectivity index (χ2n) is 4.01. The maximum Gasteiger partial charge on any atom is 0.280 e. The van der Waals surface area contributed by atoms with Crippen LogP contribution in [0.5, 0.6) is 0 Å². The van der Waals surface area contributed by atoms with E-state index in [2.05, 4.69) is 20.3 Å². The number of nitrogens with one attached hydrogen (secondary N) is 1. The Morgan fingerprint density at radius 2 is 2.14 bits per heavy atom. The first kappa shape index (κ1) is 14.2. The fourth-order valence-electron chi connectivity index (χ4n) is 1.58. The molecular weight excluding hydrogens is 326 g/mol. The third-order valence-electron chi connectivity index (χ3n) is 2.57. The average molecular weight is 333 g/mol. The summed E-state index contributed by atoms with van der Waals surface area (Å²) in [5.41, 5.74) is 0.793. The standard InChI is InChI=1S/C12H7N5O3S2/c18-11(8-4-13-1-2-14-8)16-12-15-9(6-22-12)10-3-7(5-21-10)17(19)20/h1-6H,(H,15,16,18). The van der Waals surface area contributed by atoms with Crippen molar-refractivity contribution < 1.29 is 9.72 Å². The van der Waals surface area contributed by atoms with Gasteiger partial charge in [0, 0.05) is 23.8 Å². The number of anilines is 1. The average Bonchev–Trinajstić information content (AvgIpc) is 3.16. The van der Waals surface area contributed by atoms with Gasteiger partial charge in [-0.15, -0.1) is 22.7 Å². The number of amides is 1. The Hall–Kier alpha value is -2.72. The van der Waals surface area contributed by atoms with Gasteiger partial charge in [-0.1, -0.05) is 0 Å². The van der Waals surface area contributed by atoms with E-state index < -0.39 is 10.8 Å². The molecule has 0 aliphatic rings. The number of carbonyl (C=O) groups is 1. The van der Waals surface area contributed by atoms with E-state index in [0.717, 1.165) is 0 Å². The van der Waals surface area contributed by atoms with Crippen LogP contribution in [-0.4, -0.2) is 25.8 Å². The molecular formula is C12H7N5O3S2. The van der Waals surface area contributed by atoms with Crippen molar-refractivity contribution in [3.63, 3.8) is 0 Å². The van der Waals surface area contributed by atoms with E-state index in [4.69, 9.17) is 0 Å². The Labute approximate surface area is 131 Å². The number of nitrogens with zero attached hydrogens (tertiary/aromatic N) is 4. The number of carbonyl (C=O) groups excluding carboxylic acids is 1. The van der Waals surface area contributed by atoms with Gasteiger partial charge in [0.15, 0.2) is 5.13 Å². The fourth-order valence-corrected chi connectivity index (χ4v) is 3.17. The molecule has 1 amide bonds. The Balaban J connectivity index is 1.76. The van der Waals surface area contributed by atoms with Crippen LogP contribution in [0.15, 0.2) is 35.4 Å². The number of thiazole rings is 1. The van der Waals surface area contributed by atoms with Gasteiger partial charge < -0.3 is 0 Å². The first-order valence-corrected chi connectivity index (χ1v) is 7.65. The van der Waals surface area contributed by atoms with Gasteiger partial charge in [-0.25, -0.2) is 9.97 Å². The largest absolute Gasteiger partial charge is 0.296 e. The molecule has 0 radical (unpaired) electrons. The normalized spacial score (nSPS) is 10.4. The molecule has 3 aromatic rings. The number of hydrogen-bond acceptors (Lipinski definition) is 8. The van der Waals surface area contributed by atoms with Crippen molar-refractivity contribution in [3.05, 3.63) is 51.2 Å². The summed E-state index contributed by atoms with van der Waals surface area (Å²) < 4.78 is 0. The van der Waals surface area contributed by atoms with Crippen molar-refractivity contribution in [3.8, 4) is 10.6 Å². The van der Waals surface area contributed by atoms with Gasteiger partial charge in [0.05, 0.1) is 27.1 Å². The zero-order valence-electron chi connectivity index (χ0n) is 10.8. The molecule has 0 saturated carbocycles. The molecule has 1 N–H and O–H groups in total. The van der Waals surface area contributed by atoms with Crippen LogP contribution in [0.4, 0.5) is 10.8 Å². The van der Waals surface area contributed by atoms with E-state index in [1.807, 2.05) is 0 Å². The van der Waals surface area contributed by atoms with Crippen molar-refractivity contribution in [1.29, 1.82) is 0 Å². The molecule has 3 rings (SSSR count). The lowest BCUT2D eigenvalue weighted by Gasteiger charge is -1.99. The van der Waals surface area contributed by atoms with Crippen LogP contribution < -0.4 is 5.32 Å². The molecule has 0 aliphatic heterocycles. The highest BCUT2D eigenvalue weighted by Gasteiger charge is 2.15. The molecule has 0 saturated heterocycles. The molecule has 10 heteroatoms. The van der Waals surface area contributed by atoms with Crippen LogP contribution in [0.1, 0.15) is 10.5 Å². The Kier molecular flexibility index (Phi) is 3.85. The van der Waals surface area contributed by atoms with Crippen molar-refractivity contribution in [2.75, 3.05) is 5.32 Å². The van der Waals surface area contributed by atoms with Gasteiger partial charge in [0.1, 0.15) is 5.69 Å². The monoisotopic (exact) mass is 333 g/mol. The second-order valence-corrected chi connectivity index (χ2v) is 5.78. The summed E-state index contributed by atoms with van der Waals surface area (Å²) in [6.45, 7) is 0. The van der Waals surface area contributed by atoms with Crippen molar-refractivity contribution in [1.82, 2.24) is 15.0 Å². The Bertz CT molecular complexity index is 830. The van der Waals surface area contributed by atoms with Crippen LogP contribution in [0.25, 0.3) is 10.6 Å². The third kappa shape index (κ3) is 2.97. The molecule has 0 spiro atoms. The van der Waals surface area contributed by atoms with Gasteiger partial charge in [-0.05, 0) is 0 Å². The maximum atomic E-state index is 11.9. The summed E-state index contributed by atoms with van der Waals surface area (Å²) in [4.78, 5) is 34.8. The van der Waals surface area contributed by atoms with Crippen LogP contribution in [0, 0.1) is 10.1 Å². The van der Waals surface area contributed by atoms with Gasteiger partial charge in [0.25, 0.3) is 11.6 Å². The van der Waals surface area contributed by atoms with E-state index in [0.29, 0.717) is 15.7 Å². The Morgan fingerprint density at radius 3 is 2.82 bits per heavy atom. The lowest BCUT2D eigenvalue weighted by atomic mass is 10.4. The minimum absolute atomic E-state index is 0.0261. The van der Waals surface area contributed by atoms with Crippen LogP contribution >= 0.6 is 22.7 Å². The number of hydrogen-bond donors (Lipinski definition) is 1. The third-order valence-corrected chi connectivity index (χ3v) is 4.27. The van der Waals surface area contributed by atoms with Crippen LogP contribution in [0.3, 0.4) is 0 Å². The predicted octanol–water partition coefficient (Wildman–Crippen LogP) is 2.82. The van der Waals surface area contributed by atoms with Crippen molar-refractivity contribution in [2.24, 2.45) is 0 Å². The molecule has 0 unspecified atom stereocenters. The quantitative estimate of drug-likeness (QED) is 0.580. The fraction of sp³-hybridized carbons (Fsp3) is 0. The number of nitro groups is 1. The van der Waals surface area contributed by atoms with E-state index in [9.17, 15) is 14.9 Å². The van der Waals surface area contributed by atoms with Gasteiger partial charge in [0.2, 0.25) is 0 Å². The first-order chi connectivity index (χ1) is 10.6. The smallest absolute Gasteiger partial charge is 0.280 e. The summed E-state index contributed by atoms with van der Waals surface area (Å²) in [6.07, 6.45) is 4.25. The molecule has 0 aliphatic carbocycles. The Morgan fingerprint density at radius 1 is 1.27 bits per heavy atom. The van der Waals surface area contributed by atoms with E-state index in [1.54, 1.807) is 5.38 Å². The van der Waals surface area contributed by atoms with Crippen molar-refractivity contribution in [2.45, 2.75) is 0 Å². The van der Waals surface area contributed by atoms with E-state index in [-0.39, 0.29) is 11.4 Å². The minimum atomic E-state index is -0.455. The van der Waals surface area contributed by atoms with Crippen LogP contribution in [0.2, 0.25) is 0 Å². The van der Waals surface area contributed by atoms with E-state index >= 15 is 0 Å². The first-order valence-electron chi connectivity index (χ1n) is 5.89. The number of rotatable bonds is 4. The number of thiophene rings is 1. The SMILES string of the molecule is O=C(Nc1nc(-c2cc([N+](=O)[O-])cs2)cs1)c1cnccn1. The summed E-state index contributed by atoms with van der Waals surface area (Å²) in [5, 5.41) is 16.9. The van der Waals surface area contributed by atoms with Gasteiger partial charge in [-0.2, -0.15) is 0 Å². The van der Waals surface area contributed by atoms with E-state index in [1.165, 1.54) is 52.7 Å². The van der Waals surface area contributed by atoms with Gasteiger partial charge in [-0.3, -0.25) is 25.2 Å². The summed E-state index contributed by atoms with van der Waals surface area (Å²) in [5.74, 6) is -0.411. The highest BCUT2D eigenvalue weighted by atomic mass is 32.1. The summed E-state index contributed by atoms with van der Waals surface area (Å²) in [6, 6.07) is 1.45. The predicted molar refractivity (Wildman–Crippen MR) is 82.1 cm³/mol. The molecule has 110 valence electrons. The summed E-state index contributed by atoms with van der Waals surface area (Å²) >= 11 is 2.46. The topological polar surface area (TPSA) is 111 Å². The molecule has 22 heavy (non-hydrogen) atoms. The van der Waals surface area contributed by atoms with Crippen molar-refractivity contribution >= 4 is 39.4 Å². The zero-order chi connectivity index (χ0) is 15.5. The zero-order valence-corrected chi connectivity index (χ0v) is 12.4. The highest BCUT2D eigenvalue weighted by Crippen LogP contribution is 2.32. The lowest BCUT2D eigenvalue weighted by Crippen LogP contribution is -2.13. The van der Waals surface area contributed by atoms with Gasteiger partial charge >= 0.3 is 0 Å². The maximum absolute atomic E-state index is 11.9.